The Balaban J connectivity index is 2.42. The van der Waals surface area contributed by atoms with E-state index in [1.54, 1.807) is 18.4 Å². The Labute approximate surface area is 105 Å². The molecule has 0 spiro atoms. The van der Waals surface area contributed by atoms with Crippen LogP contribution < -0.4 is 5.32 Å². The molecule has 0 fully saturated rings. The van der Waals surface area contributed by atoms with E-state index in [9.17, 15) is 0 Å². The lowest BCUT2D eigenvalue weighted by atomic mass is 10.3. The van der Waals surface area contributed by atoms with Crippen molar-refractivity contribution < 1.29 is 4.74 Å². The molecule has 5 heteroatoms. The van der Waals surface area contributed by atoms with Crippen molar-refractivity contribution in [3.05, 3.63) is 28.9 Å². The Hall–Kier alpha value is -1.46. The molecule has 2 rings (SSSR count). The lowest BCUT2D eigenvalue weighted by Crippen LogP contribution is -2.02. The van der Waals surface area contributed by atoms with Gasteiger partial charge in [-0.15, -0.1) is 11.3 Å². The first-order chi connectivity index (χ1) is 8.22. The number of hydrogen-bond acceptors (Lipinski definition) is 5. The molecule has 17 heavy (non-hydrogen) atoms. The standard InChI is InChI=1S/C12H15N3OS/c1-8-4-5-10(17-8)9-6-11(13-2)15-12(14-9)7-16-3/h4-6H,7H2,1-3H3,(H,13,14,15). The SMILES string of the molecule is CNc1cc(-c2ccc(C)s2)nc(COC)n1. The molecule has 0 aliphatic heterocycles. The van der Waals surface area contributed by atoms with E-state index in [1.165, 1.54) is 4.88 Å². The summed E-state index contributed by atoms with van der Waals surface area (Å²) < 4.78 is 5.07. The van der Waals surface area contributed by atoms with Gasteiger partial charge in [0.15, 0.2) is 5.82 Å². The number of methoxy groups -OCH3 is 1. The van der Waals surface area contributed by atoms with Crippen LogP contribution in [0.25, 0.3) is 10.6 Å². The summed E-state index contributed by atoms with van der Waals surface area (Å²) in [6.07, 6.45) is 0. The van der Waals surface area contributed by atoms with E-state index < -0.39 is 0 Å². The topological polar surface area (TPSA) is 47.0 Å². The number of nitrogens with one attached hydrogen (secondary N) is 1. The highest BCUT2D eigenvalue weighted by Crippen LogP contribution is 2.27. The number of aryl methyl sites for hydroxylation is 1. The molecule has 1 N–H and O–H groups in total. The lowest BCUT2D eigenvalue weighted by Gasteiger charge is -2.06. The molecular weight excluding hydrogens is 234 g/mol. The fourth-order valence-electron chi connectivity index (χ4n) is 1.52. The van der Waals surface area contributed by atoms with Crippen LogP contribution in [0.3, 0.4) is 0 Å². The predicted molar refractivity (Wildman–Crippen MR) is 70.3 cm³/mol. The number of thiophene rings is 1. The summed E-state index contributed by atoms with van der Waals surface area (Å²) in [4.78, 5) is 11.2. The predicted octanol–water partition coefficient (Wildman–Crippen LogP) is 2.70. The average Bonchev–Trinajstić information content (AvgIpc) is 2.76. The summed E-state index contributed by atoms with van der Waals surface area (Å²) in [6.45, 7) is 2.51. The second kappa shape index (κ2) is 5.25. The number of nitrogens with zero attached hydrogens (tertiary/aromatic N) is 2. The minimum Gasteiger partial charge on any atom is -0.377 e. The van der Waals surface area contributed by atoms with Gasteiger partial charge in [-0.25, -0.2) is 9.97 Å². The van der Waals surface area contributed by atoms with Crippen molar-refractivity contribution in [3.63, 3.8) is 0 Å². The van der Waals surface area contributed by atoms with E-state index in [-0.39, 0.29) is 0 Å². The summed E-state index contributed by atoms with van der Waals surface area (Å²) in [5, 5.41) is 3.04. The summed E-state index contributed by atoms with van der Waals surface area (Å²) in [6, 6.07) is 6.12. The van der Waals surface area contributed by atoms with Crippen molar-refractivity contribution in [2.75, 3.05) is 19.5 Å². The first-order valence-electron chi connectivity index (χ1n) is 5.34. The quantitative estimate of drug-likeness (QED) is 0.905. The third kappa shape index (κ3) is 2.81. The molecule has 90 valence electrons. The Morgan fingerprint density at radius 1 is 1.35 bits per heavy atom. The van der Waals surface area contributed by atoms with Gasteiger partial charge in [0.05, 0.1) is 10.6 Å². The van der Waals surface area contributed by atoms with Crippen LogP contribution in [0, 0.1) is 6.92 Å². The van der Waals surface area contributed by atoms with Gasteiger partial charge in [-0.2, -0.15) is 0 Å². The van der Waals surface area contributed by atoms with Gasteiger partial charge in [-0.3, -0.25) is 0 Å². The molecule has 0 bridgehead atoms. The molecule has 0 unspecified atom stereocenters. The van der Waals surface area contributed by atoms with E-state index in [0.29, 0.717) is 12.4 Å². The number of hydrogen-bond donors (Lipinski definition) is 1. The van der Waals surface area contributed by atoms with Crippen LogP contribution in [-0.4, -0.2) is 24.1 Å². The summed E-state index contributed by atoms with van der Waals surface area (Å²) in [7, 11) is 3.49. The second-order valence-electron chi connectivity index (χ2n) is 3.65. The zero-order valence-corrected chi connectivity index (χ0v) is 11.0. The number of anilines is 1. The molecule has 0 saturated heterocycles. The van der Waals surface area contributed by atoms with Crippen LogP contribution in [0.5, 0.6) is 0 Å². The second-order valence-corrected chi connectivity index (χ2v) is 4.94. The van der Waals surface area contributed by atoms with E-state index in [0.717, 1.165) is 16.4 Å². The molecule has 4 nitrogen and oxygen atoms in total. The third-order valence-electron chi connectivity index (χ3n) is 2.29. The number of aromatic nitrogens is 2. The Morgan fingerprint density at radius 3 is 2.76 bits per heavy atom. The van der Waals surface area contributed by atoms with Gasteiger partial charge >= 0.3 is 0 Å². The van der Waals surface area contributed by atoms with Crippen LogP contribution in [0.4, 0.5) is 5.82 Å². The molecule has 2 aromatic heterocycles. The van der Waals surface area contributed by atoms with Crippen molar-refractivity contribution in [2.45, 2.75) is 13.5 Å². The highest BCUT2D eigenvalue weighted by molar-refractivity contribution is 7.15. The van der Waals surface area contributed by atoms with Crippen molar-refractivity contribution in [3.8, 4) is 10.6 Å². The molecule has 0 atom stereocenters. The molecule has 2 heterocycles. The largest absolute Gasteiger partial charge is 0.377 e. The van der Waals surface area contributed by atoms with Crippen molar-refractivity contribution in [1.82, 2.24) is 9.97 Å². The molecule has 2 aromatic rings. The number of rotatable bonds is 4. The van der Waals surface area contributed by atoms with E-state index in [2.05, 4.69) is 34.3 Å². The maximum absolute atomic E-state index is 5.07. The van der Waals surface area contributed by atoms with Gasteiger partial charge in [0, 0.05) is 25.1 Å². The minimum atomic E-state index is 0.423. The van der Waals surface area contributed by atoms with Gasteiger partial charge in [0.25, 0.3) is 0 Å². The van der Waals surface area contributed by atoms with Gasteiger partial charge in [-0.1, -0.05) is 0 Å². The number of ether oxygens (including phenoxy) is 1. The monoisotopic (exact) mass is 249 g/mol. The molecule has 0 saturated carbocycles. The van der Waals surface area contributed by atoms with Gasteiger partial charge in [0.1, 0.15) is 12.4 Å². The first-order valence-corrected chi connectivity index (χ1v) is 6.16. The van der Waals surface area contributed by atoms with Crippen molar-refractivity contribution in [2.24, 2.45) is 0 Å². The van der Waals surface area contributed by atoms with Crippen LogP contribution in [0.15, 0.2) is 18.2 Å². The normalized spacial score (nSPS) is 10.5. The van der Waals surface area contributed by atoms with Crippen molar-refractivity contribution in [1.29, 1.82) is 0 Å². The summed E-state index contributed by atoms with van der Waals surface area (Å²) >= 11 is 1.73. The van der Waals surface area contributed by atoms with Crippen LogP contribution in [0.1, 0.15) is 10.7 Å². The molecule has 0 radical (unpaired) electrons. The van der Waals surface area contributed by atoms with E-state index in [1.807, 2.05) is 13.1 Å². The smallest absolute Gasteiger partial charge is 0.157 e. The molecule has 0 aliphatic rings. The first kappa shape index (κ1) is 12.0. The van der Waals surface area contributed by atoms with Gasteiger partial charge in [0.2, 0.25) is 0 Å². The van der Waals surface area contributed by atoms with E-state index in [4.69, 9.17) is 4.74 Å². The Morgan fingerprint density at radius 2 is 2.18 bits per heavy atom. The Kier molecular flexibility index (Phi) is 3.71. The maximum Gasteiger partial charge on any atom is 0.157 e. The zero-order chi connectivity index (χ0) is 12.3. The molecular formula is C12H15N3OS. The summed E-state index contributed by atoms with van der Waals surface area (Å²) in [5.41, 5.74) is 0.939. The minimum absolute atomic E-state index is 0.423. The highest BCUT2D eigenvalue weighted by atomic mass is 32.1. The zero-order valence-electron chi connectivity index (χ0n) is 10.2. The maximum atomic E-state index is 5.07. The van der Waals surface area contributed by atoms with E-state index >= 15 is 0 Å². The fraction of sp³-hybridized carbons (Fsp3) is 0.333. The van der Waals surface area contributed by atoms with Gasteiger partial charge in [-0.05, 0) is 19.1 Å². The Bertz CT molecular complexity index is 510. The highest BCUT2D eigenvalue weighted by Gasteiger charge is 2.07. The molecule has 0 aliphatic carbocycles. The average molecular weight is 249 g/mol. The van der Waals surface area contributed by atoms with Crippen molar-refractivity contribution >= 4 is 17.2 Å². The fourth-order valence-corrected chi connectivity index (χ4v) is 2.35. The van der Waals surface area contributed by atoms with Crippen LogP contribution >= 0.6 is 11.3 Å². The van der Waals surface area contributed by atoms with Gasteiger partial charge < -0.3 is 10.1 Å². The molecule has 0 aromatic carbocycles. The van der Waals surface area contributed by atoms with Crippen LogP contribution in [0.2, 0.25) is 0 Å². The lowest BCUT2D eigenvalue weighted by molar-refractivity contribution is 0.178. The summed E-state index contributed by atoms with van der Waals surface area (Å²) in [5.74, 6) is 1.51. The van der Waals surface area contributed by atoms with Crippen LogP contribution in [-0.2, 0) is 11.3 Å². The third-order valence-corrected chi connectivity index (χ3v) is 3.32. The molecule has 0 amide bonds.